The SMILES string of the molecule is C[C@@H]1CN(C(=O)Cn2cnc3scc(-c4ccc(Cl)cc4)c3c2=O)C[C@H](C)O1. The molecule has 2 aromatic heterocycles. The van der Waals surface area contributed by atoms with E-state index in [9.17, 15) is 9.59 Å². The second-order valence-corrected chi connectivity index (χ2v) is 8.36. The molecule has 0 bridgehead atoms. The maximum Gasteiger partial charge on any atom is 0.263 e. The molecule has 0 saturated carbocycles. The Morgan fingerprint density at radius 3 is 2.61 bits per heavy atom. The normalized spacial score (nSPS) is 19.9. The van der Waals surface area contributed by atoms with Crippen molar-refractivity contribution < 1.29 is 9.53 Å². The van der Waals surface area contributed by atoms with Crippen LogP contribution in [0.1, 0.15) is 13.8 Å². The van der Waals surface area contributed by atoms with Crippen molar-refractivity contribution in [3.8, 4) is 11.1 Å². The first kappa shape index (κ1) is 19.1. The molecular formula is C20H20ClN3O3S. The number of hydrogen-bond donors (Lipinski definition) is 0. The molecule has 1 fully saturated rings. The van der Waals surface area contributed by atoms with E-state index in [1.54, 1.807) is 17.0 Å². The first-order valence-electron chi connectivity index (χ1n) is 9.08. The van der Waals surface area contributed by atoms with Gasteiger partial charge in [-0.3, -0.25) is 14.2 Å². The molecule has 4 rings (SSSR count). The number of benzene rings is 1. The first-order valence-corrected chi connectivity index (χ1v) is 10.3. The number of rotatable bonds is 3. The molecule has 3 heterocycles. The summed E-state index contributed by atoms with van der Waals surface area (Å²) in [6.45, 7) is 4.92. The molecule has 28 heavy (non-hydrogen) atoms. The van der Waals surface area contributed by atoms with Gasteiger partial charge in [0.2, 0.25) is 5.91 Å². The third kappa shape index (κ3) is 3.70. The lowest BCUT2D eigenvalue weighted by Crippen LogP contribution is -2.49. The molecule has 1 aliphatic rings. The highest BCUT2D eigenvalue weighted by atomic mass is 35.5. The number of nitrogens with zero attached hydrogens (tertiary/aromatic N) is 3. The van der Waals surface area contributed by atoms with Crippen molar-refractivity contribution in [3.05, 3.63) is 51.3 Å². The van der Waals surface area contributed by atoms with Crippen LogP contribution in [0, 0.1) is 0 Å². The van der Waals surface area contributed by atoms with Crippen molar-refractivity contribution in [1.82, 2.24) is 14.5 Å². The van der Waals surface area contributed by atoms with E-state index in [-0.39, 0.29) is 30.2 Å². The number of carbonyl (C=O) groups excluding carboxylic acids is 1. The molecule has 1 amide bonds. The van der Waals surface area contributed by atoms with E-state index in [4.69, 9.17) is 16.3 Å². The van der Waals surface area contributed by atoms with E-state index in [1.165, 1.54) is 22.2 Å². The number of halogens is 1. The molecule has 0 spiro atoms. The summed E-state index contributed by atoms with van der Waals surface area (Å²) in [7, 11) is 0. The maximum atomic E-state index is 13.1. The Bertz CT molecular complexity index is 1070. The topological polar surface area (TPSA) is 64.4 Å². The molecule has 1 aromatic carbocycles. The van der Waals surface area contributed by atoms with Crippen LogP contribution in [0.5, 0.6) is 0 Å². The smallest absolute Gasteiger partial charge is 0.263 e. The van der Waals surface area contributed by atoms with E-state index in [2.05, 4.69) is 4.98 Å². The minimum atomic E-state index is -0.209. The van der Waals surface area contributed by atoms with Gasteiger partial charge in [0.25, 0.3) is 5.56 Å². The van der Waals surface area contributed by atoms with Gasteiger partial charge in [-0.25, -0.2) is 4.98 Å². The third-order valence-corrected chi connectivity index (χ3v) is 5.93. The highest BCUT2D eigenvalue weighted by Crippen LogP contribution is 2.31. The van der Waals surface area contributed by atoms with Crippen LogP contribution in [0.25, 0.3) is 21.3 Å². The molecule has 6 nitrogen and oxygen atoms in total. The Morgan fingerprint density at radius 2 is 1.93 bits per heavy atom. The van der Waals surface area contributed by atoms with Gasteiger partial charge in [0.05, 0.1) is 23.9 Å². The largest absolute Gasteiger partial charge is 0.372 e. The number of carbonyl (C=O) groups is 1. The number of morpholine rings is 1. The van der Waals surface area contributed by atoms with Crippen molar-refractivity contribution >= 4 is 39.1 Å². The Labute approximate surface area is 171 Å². The van der Waals surface area contributed by atoms with E-state index >= 15 is 0 Å². The van der Waals surface area contributed by atoms with Crippen molar-refractivity contribution in [2.24, 2.45) is 0 Å². The van der Waals surface area contributed by atoms with E-state index < -0.39 is 0 Å². The van der Waals surface area contributed by atoms with Crippen LogP contribution in [0.3, 0.4) is 0 Å². The Kier molecular flexibility index (Phi) is 5.23. The number of thiophene rings is 1. The second kappa shape index (κ2) is 7.66. The van der Waals surface area contributed by atoms with Crippen LogP contribution in [-0.2, 0) is 16.1 Å². The maximum absolute atomic E-state index is 13.1. The van der Waals surface area contributed by atoms with Crippen LogP contribution < -0.4 is 5.56 Å². The van der Waals surface area contributed by atoms with Gasteiger partial charge in [0.15, 0.2) is 0 Å². The number of aromatic nitrogens is 2. The monoisotopic (exact) mass is 417 g/mol. The average Bonchev–Trinajstić information content (AvgIpc) is 3.08. The lowest BCUT2D eigenvalue weighted by molar-refractivity contribution is -0.143. The van der Waals surface area contributed by atoms with Gasteiger partial charge in [-0.2, -0.15) is 0 Å². The third-order valence-electron chi connectivity index (χ3n) is 4.79. The standard InChI is InChI=1S/C20H20ClN3O3S/c1-12-7-23(8-13(2)27-12)17(25)9-24-11-22-19-18(20(24)26)16(10-28-19)14-3-5-15(21)6-4-14/h3-6,10-13H,7-9H2,1-2H3/t12-,13+. The van der Waals surface area contributed by atoms with Crippen LogP contribution in [0.2, 0.25) is 5.02 Å². The van der Waals surface area contributed by atoms with Gasteiger partial charge in [-0.05, 0) is 31.5 Å². The van der Waals surface area contributed by atoms with E-state index in [1.807, 2.05) is 31.4 Å². The Morgan fingerprint density at radius 1 is 1.25 bits per heavy atom. The van der Waals surface area contributed by atoms with Crippen LogP contribution in [0.15, 0.2) is 40.8 Å². The summed E-state index contributed by atoms with van der Waals surface area (Å²) in [6, 6.07) is 7.34. The average molecular weight is 418 g/mol. The van der Waals surface area contributed by atoms with Crippen molar-refractivity contribution in [1.29, 1.82) is 0 Å². The van der Waals surface area contributed by atoms with E-state index in [0.29, 0.717) is 28.3 Å². The van der Waals surface area contributed by atoms with Gasteiger partial charge in [0.1, 0.15) is 11.4 Å². The highest BCUT2D eigenvalue weighted by Gasteiger charge is 2.26. The lowest BCUT2D eigenvalue weighted by atomic mass is 10.1. The molecule has 3 aromatic rings. The minimum absolute atomic E-state index is 0.0154. The van der Waals surface area contributed by atoms with Gasteiger partial charge in [-0.15, -0.1) is 11.3 Å². The van der Waals surface area contributed by atoms with Crippen LogP contribution >= 0.6 is 22.9 Å². The molecule has 146 valence electrons. The molecule has 0 radical (unpaired) electrons. The fourth-order valence-electron chi connectivity index (χ4n) is 3.55. The van der Waals surface area contributed by atoms with Crippen molar-refractivity contribution in [2.75, 3.05) is 13.1 Å². The molecule has 8 heteroatoms. The summed E-state index contributed by atoms with van der Waals surface area (Å²) in [5, 5.41) is 3.09. The first-order chi connectivity index (χ1) is 13.4. The van der Waals surface area contributed by atoms with Gasteiger partial charge < -0.3 is 9.64 Å². The fourth-order valence-corrected chi connectivity index (χ4v) is 4.58. The molecule has 1 saturated heterocycles. The fraction of sp³-hybridized carbons (Fsp3) is 0.350. The molecule has 0 N–H and O–H groups in total. The van der Waals surface area contributed by atoms with Crippen molar-refractivity contribution in [3.63, 3.8) is 0 Å². The summed E-state index contributed by atoms with van der Waals surface area (Å²) in [5.41, 5.74) is 1.50. The lowest BCUT2D eigenvalue weighted by Gasteiger charge is -2.35. The van der Waals surface area contributed by atoms with Crippen molar-refractivity contribution in [2.45, 2.75) is 32.6 Å². The van der Waals surface area contributed by atoms with Gasteiger partial charge >= 0.3 is 0 Å². The number of fused-ring (bicyclic) bond motifs is 1. The summed E-state index contributed by atoms with van der Waals surface area (Å²) < 4.78 is 7.07. The molecule has 0 unspecified atom stereocenters. The number of amides is 1. The summed E-state index contributed by atoms with van der Waals surface area (Å²) in [5.74, 6) is -0.103. The quantitative estimate of drug-likeness (QED) is 0.655. The van der Waals surface area contributed by atoms with Gasteiger partial charge in [0, 0.05) is 29.1 Å². The zero-order valence-corrected chi connectivity index (χ0v) is 17.2. The Hall–Kier alpha value is -2.22. The zero-order chi connectivity index (χ0) is 19.8. The second-order valence-electron chi connectivity index (χ2n) is 7.07. The molecule has 1 aliphatic heterocycles. The van der Waals surface area contributed by atoms with Crippen LogP contribution in [-0.4, -0.2) is 45.7 Å². The molecular weight excluding hydrogens is 398 g/mol. The molecule has 2 atom stereocenters. The predicted molar refractivity (Wildman–Crippen MR) is 111 cm³/mol. The minimum Gasteiger partial charge on any atom is -0.372 e. The zero-order valence-electron chi connectivity index (χ0n) is 15.6. The summed E-state index contributed by atoms with van der Waals surface area (Å²) >= 11 is 7.39. The summed E-state index contributed by atoms with van der Waals surface area (Å²) in [4.78, 5) is 32.7. The Balaban J connectivity index is 1.66. The molecule has 0 aliphatic carbocycles. The number of hydrogen-bond acceptors (Lipinski definition) is 5. The number of ether oxygens (including phenoxy) is 1. The summed E-state index contributed by atoms with van der Waals surface area (Å²) in [6.07, 6.45) is 1.43. The van der Waals surface area contributed by atoms with Gasteiger partial charge in [-0.1, -0.05) is 23.7 Å². The van der Waals surface area contributed by atoms with E-state index in [0.717, 1.165) is 11.1 Å². The van der Waals surface area contributed by atoms with Crippen LogP contribution in [0.4, 0.5) is 0 Å². The predicted octanol–water partition coefficient (Wildman–Crippen LogP) is 3.41. The highest BCUT2D eigenvalue weighted by molar-refractivity contribution is 7.17.